The predicted octanol–water partition coefficient (Wildman–Crippen LogP) is 1.89. The van der Waals surface area contributed by atoms with E-state index >= 15 is 0 Å². The first-order valence-electron chi connectivity index (χ1n) is 6.50. The third-order valence-electron chi connectivity index (χ3n) is 3.28. The molecule has 0 unspecified atom stereocenters. The van der Waals surface area contributed by atoms with E-state index in [9.17, 15) is 9.90 Å². The van der Waals surface area contributed by atoms with Crippen LogP contribution in [0, 0.1) is 0 Å². The van der Waals surface area contributed by atoms with Crippen molar-refractivity contribution >= 4 is 17.4 Å². The fourth-order valence-electron chi connectivity index (χ4n) is 2.25. The van der Waals surface area contributed by atoms with Gasteiger partial charge in [0.15, 0.2) is 0 Å². The molecule has 2 amide bonds. The highest BCUT2D eigenvalue weighted by Crippen LogP contribution is 2.18. The lowest BCUT2D eigenvalue weighted by Gasteiger charge is -2.28. The standard InChI is InChI=1S/C13H20N2O2S/c16-12-6-2-1-5-11(12)15-13(17)14-8-7-10-4-3-9-18-10/h3-4,9,11-12,16H,1-2,5-8H2,(H2,14,15,17)/t11-,12-/m0/s1. The summed E-state index contributed by atoms with van der Waals surface area (Å²) in [5, 5.41) is 17.5. The minimum absolute atomic E-state index is 0.0829. The Kier molecular flexibility index (Phi) is 5.01. The first kappa shape index (κ1) is 13.4. The summed E-state index contributed by atoms with van der Waals surface area (Å²) in [6.07, 6.45) is 4.27. The molecule has 100 valence electrons. The number of hydrogen-bond acceptors (Lipinski definition) is 3. The number of carbonyl (C=O) groups is 1. The minimum atomic E-state index is -0.387. The molecule has 0 spiro atoms. The van der Waals surface area contributed by atoms with Crippen molar-refractivity contribution in [3.05, 3.63) is 22.4 Å². The smallest absolute Gasteiger partial charge is 0.315 e. The number of nitrogens with one attached hydrogen (secondary N) is 2. The molecule has 0 aliphatic heterocycles. The van der Waals surface area contributed by atoms with Gasteiger partial charge in [-0.3, -0.25) is 0 Å². The Hall–Kier alpha value is -1.07. The van der Waals surface area contributed by atoms with Gasteiger partial charge in [0.1, 0.15) is 0 Å². The van der Waals surface area contributed by atoms with Crippen molar-refractivity contribution in [1.82, 2.24) is 10.6 Å². The summed E-state index contributed by atoms with van der Waals surface area (Å²) < 4.78 is 0. The van der Waals surface area contributed by atoms with Gasteiger partial charge in [-0.05, 0) is 30.7 Å². The van der Waals surface area contributed by atoms with Crippen LogP contribution in [0.3, 0.4) is 0 Å². The fraction of sp³-hybridized carbons (Fsp3) is 0.615. The Labute approximate surface area is 111 Å². The summed E-state index contributed by atoms with van der Waals surface area (Å²) in [6, 6.07) is 3.83. The van der Waals surface area contributed by atoms with Gasteiger partial charge in [0.05, 0.1) is 12.1 Å². The first-order chi connectivity index (χ1) is 8.75. The predicted molar refractivity (Wildman–Crippen MR) is 72.8 cm³/mol. The van der Waals surface area contributed by atoms with E-state index in [0.29, 0.717) is 6.54 Å². The van der Waals surface area contributed by atoms with E-state index in [2.05, 4.69) is 16.7 Å². The van der Waals surface area contributed by atoms with Crippen LogP contribution in [-0.4, -0.2) is 29.8 Å². The number of hydrogen-bond donors (Lipinski definition) is 3. The Bertz CT molecular complexity index is 367. The minimum Gasteiger partial charge on any atom is -0.391 e. The lowest BCUT2D eigenvalue weighted by molar-refractivity contribution is 0.0943. The summed E-state index contributed by atoms with van der Waals surface area (Å²) in [5.41, 5.74) is 0. The molecule has 1 aromatic rings. The van der Waals surface area contributed by atoms with Gasteiger partial charge in [0, 0.05) is 11.4 Å². The molecule has 18 heavy (non-hydrogen) atoms. The quantitative estimate of drug-likeness (QED) is 0.781. The molecule has 1 aliphatic rings. The van der Waals surface area contributed by atoms with Crippen molar-refractivity contribution in [3.63, 3.8) is 0 Å². The maximum atomic E-state index is 11.7. The summed E-state index contributed by atoms with van der Waals surface area (Å²) >= 11 is 1.70. The molecule has 5 heteroatoms. The van der Waals surface area contributed by atoms with Gasteiger partial charge in [-0.25, -0.2) is 4.79 Å². The van der Waals surface area contributed by atoms with Gasteiger partial charge in [0.2, 0.25) is 0 Å². The van der Waals surface area contributed by atoms with Crippen LogP contribution in [0.1, 0.15) is 30.6 Å². The number of aliphatic hydroxyl groups is 1. The van der Waals surface area contributed by atoms with E-state index in [1.807, 2.05) is 11.4 Å². The van der Waals surface area contributed by atoms with Gasteiger partial charge in [-0.1, -0.05) is 18.9 Å². The molecule has 2 rings (SSSR count). The number of rotatable bonds is 4. The molecule has 2 atom stereocenters. The largest absolute Gasteiger partial charge is 0.391 e. The molecule has 4 nitrogen and oxygen atoms in total. The van der Waals surface area contributed by atoms with E-state index < -0.39 is 0 Å². The Morgan fingerprint density at radius 3 is 3.00 bits per heavy atom. The Balaban J connectivity index is 1.65. The number of carbonyl (C=O) groups excluding carboxylic acids is 1. The third kappa shape index (κ3) is 3.99. The number of amides is 2. The summed E-state index contributed by atoms with van der Waals surface area (Å²) in [6.45, 7) is 0.634. The highest BCUT2D eigenvalue weighted by molar-refractivity contribution is 7.09. The molecule has 1 aliphatic carbocycles. The van der Waals surface area contributed by atoms with Crippen molar-refractivity contribution < 1.29 is 9.90 Å². The van der Waals surface area contributed by atoms with Gasteiger partial charge >= 0.3 is 6.03 Å². The molecule has 1 heterocycles. The van der Waals surface area contributed by atoms with Crippen LogP contribution in [0.2, 0.25) is 0 Å². The van der Waals surface area contributed by atoms with Crippen LogP contribution in [0.5, 0.6) is 0 Å². The molecule has 1 aromatic heterocycles. The SMILES string of the molecule is O=C(NCCc1cccs1)N[C@H]1CCCC[C@@H]1O. The molecule has 0 saturated heterocycles. The van der Waals surface area contributed by atoms with Crippen LogP contribution in [0.4, 0.5) is 4.79 Å². The van der Waals surface area contributed by atoms with Gasteiger partial charge in [-0.15, -0.1) is 11.3 Å². The zero-order valence-electron chi connectivity index (χ0n) is 10.4. The average Bonchev–Trinajstić information content (AvgIpc) is 2.85. The lowest BCUT2D eigenvalue weighted by atomic mass is 9.93. The zero-order chi connectivity index (χ0) is 12.8. The lowest BCUT2D eigenvalue weighted by Crippen LogP contribution is -2.49. The fourth-order valence-corrected chi connectivity index (χ4v) is 2.96. The maximum absolute atomic E-state index is 11.7. The van der Waals surface area contributed by atoms with Crippen molar-refractivity contribution in [2.24, 2.45) is 0 Å². The average molecular weight is 268 g/mol. The van der Waals surface area contributed by atoms with Gasteiger partial charge in [-0.2, -0.15) is 0 Å². The molecule has 3 N–H and O–H groups in total. The second-order valence-electron chi connectivity index (χ2n) is 4.69. The summed E-state index contributed by atoms with van der Waals surface area (Å²) in [4.78, 5) is 12.9. The number of aliphatic hydroxyl groups excluding tert-OH is 1. The van der Waals surface area contributed by atoms with Crippen LogP contribution in [0.15, 0.2) is 17.5 Å². The first-order valence-corrected chi connectivity index (χ1v) is 7.38. The topological polar surface area (TPSA) is 61.4 Å². The molecular weight excluding hydrogens is 248 g/mol. The maximum Gasteiger partial charge on any atom is 0.315 e. The van der Waals surface area contributed by atoms with Crippen LogP contribution in [0.25, 0.3) is 0 Å². The van der Waals surface area contributed by atoms with Crippen LogP contribution < -0.4 is 10.6 Å². The normalized spacial score (nSPS) is 23.6. The van der Waals surface area contributed by atoms with E-state index in [4.69, 9.17) is 0 Å². The molecule has 0 aromatic carbocycles. The highest BCUT2D eigenvalue weighted by atomic mass is 32.1. The summed E-state index contributed by atoms with van der Waals surface area (Å²) in [7, 11) is 0. The van der Waals surface area contributed by atoms with Crippen molar-refractivity contribution in [2.45, 2.75) is 44.2 Å². The van der Waals surface area contributed by atoms with Gasteiger partial charge in [0.25, 0.3) is 0 Å². The molecule has 1 fully saturated rings. The van der Waals surface area contributed by atoms with Crippen LogP contribution >= 0.6 is 11.3 Å². The van der Waals surface area contributed by atoms with E-state index in [0.717, 1.165) is 32.1 Å². The van der Waals surface area contributed by atoms with Crippen molar-refractivity contribution in [1.29, 1.82) is 0 Å². The molecule has 0 radical (unpaired) electrons. The van der Waals surface area contributed by atoms with Gasteiger partial charge < -0.3 is 15.7 Å². The Morgan fingerprint density at radius 2 is 2.28 bits per heavy atom. The van der Waals surface area contributed by atoms with E-state index in [1.54, 1.807) is 11.3 Å². The van der Waals surface area contributed by atoms with E-state index in [-0.39, 0.29) is 18.2 Å². The zero-order valence-corrected chi connectivity index (χ0v) is 11.2. The molecular formula is C13H20N2O2S. The highest BCUT2D eigenvalue weighted by Gasteiger charge is 2.24. The summed E-state index contributed by atoms with van der Waals surface area (Å²) in [5.74, 6) is 0. The van der Waals surface area contributed by atoms with Crippen molar-refractivity contribution in [2.75, 3.05) is 6.54 Å². The molecule has 1 saturated carbocycles. The number of urea groups is 1. The second kappa shape index (κ2) is 6.75. The Morgan fingerprint density at radius 1 is 1.44 bits per heavy atom. The monoisotopic (exact) mass is 268 g/mol. The van der Waals surface area contributed by atoms with E-state index in [1.165, 1.54) is 4.88 Å². The van der Waals surface area contributed by atoms with Crippen molar-refractivity contribution in [3.8, 4) is 0 Å². The van der Waals surface area contributed by atoms with Crippen LogP contribution in [-0.2, 0) is 6.42 Å². The second-order valence-corrected chi connectivity index (χ2v) is 5.72. The third-order valence-corrected chi connectivity index (χ3v) is 4.22. The number of thiophene rings is 1. The molecule has 0 bridgehead atoms.